The molecule has 1 aromatic carbocycles. The van der Waals surface area contributed by atoms with Gasteiger partial charge in [-0.05, 0) is 31.0 Å². The summed E-state index contributed by atoms with van der Waals surface area (Å²) in [4.78, 5) is 13.3. The molecule has 2 N–H and O–H groups in total. The zero-order chi connectivity index (χ0) is 15.6. The van der Waals surface area contributed by atoms with E-state index in [0.717, 1.165) is 25.0 Å². The Labute approximate surface area is 120 Å². The van der Waals surface area contributed by atoms with Crippen molar-refractivity contribution in [1.82, 2.24) is 0 Å². The summed E-state index contributed by atoms with van der Waals surface area (Å²) in [6.07, 6.45) is -2.83. The summed E-state index contributed by atoms with van der Waals surface area (Å²) in [5, 5.41) is 0. The van der Waals surface area contributed by atoms with E-state index < -0.39 is 17.6 Å². The maximum Gasteiger partial charge on any atom is 0.416 e. The van der Waals surface area contributed by atoms with E-state index in [2.05, 4.69) is 0 Å². The quantitative estimate of drug-likeness (QED) is 0.933. The zero-order valence-corrected chi connectivity index (χ0v) is 11.6. The predicted octanol–water partition coefficient (Wildman–Crippen LogP) is 2.42. The number of amides is 1. The first-order valence-corrected chi connectivity index (χ1v) is 6.61. The van der Waals surface area contributed by atoms with Crippen molar-refractivity contribution >= 4 is 11.6 Å². The lowest BCUT2D eigenvalue weighted by Gasteiger charge is -2.34. The van der Waals surface area contributed by atoms with E-state index in [9.17, 15) is 18.0 Å². The van der Waals surface area contributed by atoms with Gasteiger partial charge in [0, 0.05) is 25.9 Å². The first-order valence-electron chi connectivity index (χ1n) is 6.61. The number of rotatable bonds is 3. The second-order valence-corrected chi connectivity index (χ2v) is 5.02. The Balaban J connectivity index is 2.29. The fraction of sp³-hybridized carbons (Fsp3) is 0.500. The molecular formula is C14H17F3N2O2. The van der Waals surface area contributed by atoms with Gasteiger partial charge in [-0.3, -0.25) is 4.79 Å². The molecule has 1 fully saturated rings. The van der Waals surface area contributed by atoms with Crippen LogP contribution >= 0.6 is 0 Å². The van der Waals surface area contributed by atoms with Gasteiger partial charge in [0.1, 0.15) is 0 Å². The number of piperidine rings is 1. The molecule has 1 heterocycles. The SMILES string of the molecule is COC1CCN(c2ccc(C(F)(F)F)cc2C(N)=O)CC1. The van der Waals surface area contributed by atoms with Crippen LogP contribution in [0.25, 0.3) is 0 Å². The van der Waals surface area contributed by atoms with Gasteiger partial charge in [-0.2, -0.15) is 13.2 Å². The fourth-order valence-corrected chi connectivity index (χ4v) is 2.52. The summed E-state index contributed by atoms with van der Waals surface area (Å²) >= 11 is 0. The van der Waals surface area contributed by atoms with Crippen molar-refractivity contribution in [2.75, 3.05) is 25.1 Å². The van der Waals surface area contributed by atoms with Gasteiger partial charge in [0.25, 0.3) is 5.91 Å². The molecule has 116 valence electrons. The van der Waals surface area contributed by atoms with Crippen LogP contribution in [0.4, 0.5) is 18.9 Å². The van der Waals surface area contributed by atoms with Crippen LogP contribution in [0.5, 0.6) is 0 Å². The number of hydrogen-bond acceptors (Lipinski definition) is 3. The van der Waals surface area contributed by atoms with Gasteiger partial charge in [-0.25, -0.2) is 0 Å². The molecule has 0 aromatic heterocycles. The van der Waals surface area contributed by atoms with Crippen LogP contribution in [0.1, 0.15) is 28.8 Å². The number of hydrogen-bond donors (Lipinski definition) is 1. The lowest BCUT2D eigenvalue weighted by molar-refractivity contribution is -0.137. The number of alkyl halides is 3. The van der Waals surface area contributed by atoms with E-state index in [-0.39, 0.29) is 11.7 Å². The molecule has 1 aliphatic heterocycles. The number of anilines is 1. The summed E-state index contributed by atoms with van der Waals surface area (Å²) in [5.74, 6) is -0.857. The normalized spacial score (nSPS) is 17.0. The van der Waals surface area contributed by atoms with E-state index in [1.54, 1.807) is 7.11 Å². The van der Waals surface area contributed by atoms with E-state index in [1.807, 2.05) is 4.90 Å². The van der Waals surface area contributed by atoms with Crippen molar-refractivity contribution in [1.29, 1.82) is 0 Å². The van der Waals surface area contributed by atoms with Gasteiger partial charge in [0.2, 0.25) is 0 Å². The van der Waals surface area contributed by atoms with Gasteiger partial charge in [0.15, 0.2) is 0 Å². The minimum atomic E-state index is -4.49. The molecule has 0 saturated carbocycles. The average Bonchev–Trinajstić information content (AvgIpc) is 2.45. The summed E-state index contributed by atoms with van der Waals surface area (Å²) in [7, 11) is 1.63. The number of carbonyl (C=O) groups is 1. The van der Waals surface area contributed by atoms with Crippen LogP contribution < -0.4 is 10.6 Å². The fourth-order valence-electron chi connectivity index (χ4n) is 2.52. The van der Waals surface area contributed by atoms with Crippen LogP contribution in [-0.4, -0.2) is 32.2 Å². The zero-order valence-electron chi connectivity index (χ0n) is 11.6. The summed E-state index contributed by atoms with van der Waals surface area (Å²) < 4.78 is 43.4. The number of nitrogens with zero attached hydrogens (tertiary/aromatic N) is 1. The van der Waals surface area contributed by atoms with Crippen molar-refractivity contribution in [2.24, 2.45) is 5.73 Å². The maximum atomic E-state index is 12.7. The topological polar surface area (TPSA) is 55.6 Å². The van der Waals surface area contributed by atoms with E-state index >= 15 is 0 Å². The van der Waals surface area contributed by atoms with Crippen LogP contribution in [0.2, 0.25) is 0 Å². The molecule has 0 radical (unpaired) electrons. The van der Waals surface area contributed by atoms with E-state index in [1.165, 1.54) is 6.07 Å². The first-order chi connectivity index (χ1) is 9.82. The maximum absolute atomic E-state index is 12.7. The molecule has 1 aromatic rings. The number of nitrogens with two attached hydrogens (primary N) is 1. The Hall–Kier alpha value is -1.76. The smallest absolute Gasteiger partial charge is 0.381 e. The van der Waals surface area contributed by atoms with Crippen molar-refractivity contribution in [2.45, 2.75) is 25.1 Å². The third-order valence-corrected chi connectivity index (χ3v) is 3.71. The number of methoxy groups -OCH3 is 1. The minimum Gasteiger partial charge on any atom is -0.381 e. The Morgan fingerprint density at radius 2 is 1.95 bits per heavy atom. The largest absolute Gasteiger partial charge is 0.416 e. The Morgan fingerprint density at radius 1 is 1.33 bits per heavy atom. The third kappa shape index (κ3) is 3.47. The van der Waals surface area contributed by atoms with Crippen LogP contribution in [0.15, 0.2) is 18.2 Å². The molecule has 0 aliphatic carbocycles. The number of ether oxygens (including phenoxy) is 1. The highest BCUT2D eigenvalue weighted by atomic mass is 19.4. The van der Waals surface area contributed by atoms with Gasteiger partial charge in [-0.15, -0.1) is 0 Å². The number of benzene rings is 1. The number of carbonyl (C=O) groups excluding carboxylic acids is 1. The summed E-state index contributed by atoms with van der Waals surface area (Å²) in [6, 6.07) is 3.11. The van der Waals surface area contributed by atoms with Crippen molar-refractivity contribution in [3.63, 3.8) is 0 Å². The predicted molar refractivity (Wildman–Crippen MR) is 72.2 cm³/mol. The lowest BCUT2D eigenvalue weighted by atomic mass is 10.0. The Morgan fingerprint density at radius 3 is 2.43 bits per heavy atom. The molecule has 0 atom stereocenters. The second-order valence-electron chi connectivity index (χ2n) is 5.02. The van der Waals surface area contributed by atoms with Crippen LogP contribution in [0.3, 0.4) is 0 Å². The van der Waals surface area contributed by atoms with Crippen LogP contribution in [-0.2, 0) is 10.9 Å². The van der Waals surface area contributed by atoms with Gasteiger partial charge in [-0.1, -0.05) is 0 Å². The molecule has 0 spiro atoms. The van der Waals surface area contributed by atoms with E-state index in [0.29, 0.717) is 18.8 Å². The summed E-state index contributed by atoms with van der Waals surface area (Å²) in [5.41, 5.74) is 4.71. The second kappa shape index (κ2) is 5.93. The monoisotopic (exact) mass is 302 g/mol. The van der Waals surface area contributed by atoms with Crippen LogP contribution in [0, 0.1) is 0 Å². The highest BCUT2D eigenvalue weighted by molar-refractivity contribution is 5.99. The standard InChI is InChI=1S/C14H17F3N2O2/c1-21-10-4-6-19(7-5-10)12-3-2-9(14(15,16)17)8-11(12)13(18)20/h2-3,8,10H,4-7H2,1H3,(H2,18,20). The molecule has 2 rings (SSSR count). The van der Waals surface area contributed by atoms with Gasteiger partial charge < -0.3 is 15.4 Å². The lowest BCUT2D eigenvalue weighted by Crippen LogP contribution is -2.37. The molecule has 7 heteroatoms. The highest BCUT2D eigenvalue weighted by Gasteiger charge is 2.32. The van der Waals surface area contributed by atoms with Gasteiger partial charge in [0.05, 0.1) is 17.2 Å². The minimum absolute atomic E-state index is 0.0966. The number of halogens is 3. The first kappa shape index (κ1) is 15.6. The average molecular weight is 302 g/mol. The van der Waals surface area contributed by atoms with E-state index in [4.69, 9.17) is 10.5 Å². The molecule has 4 nitrogen and oxygen atoms in total. The molecule has 1 saturated heterocycles. The summed E-state index contributed by atoms with van der Waals surface area (Å²) in [6.45, 7) is 1.23. The molecule has 1 amide bonds. The van der Waals surface area contributed by atoms with Crippen molar-refractivity contribution in [3.8, 4) is 0 Å². The van der Waals surface area contributed by atoms with Gasteiger partial charge >= 0.3 is 6.18 Å². The number of primary amides is 1. The van der Waals surface area contributed by atoms with Crippen molar-refractivity contribution < 1.29 is 22.7 Å². The van der Waals surface area contributed by atoms with Crippen molar-refractivity contribution in [3.05, 3.63) is 29.3 Å². The molecule has 1 aliphatic rings. The Kier molecular flexibility index (Phi) is 4.41. The third-order valence-electron chi connectivity index (χ3n) is 3.71. The molecule has 0 unspecified atom stereocenters. The molecular weight excluding hydrogens is 285 g/mol. The Bertz CT molecular complexity index is 523. The molecule has 21 heavy (non-hydrogen) atoms. The highest BCUT2D eigenvalue weighted by Crippen LogP contribution is 2.33. The molecule has 0 bridgehead atoms.